The number of methoxy groups -OCH3 is 1. The number of hydrogen-bond donors (Lipinski definition) is 0. The monoisotopic (exact) mass is 493 g/mol. The molecule has 6 nitrogen and oxygen atoms in total. The van der Waals surface area contributed by atoms with Crippen molar-refractivity contribution in [1.82, 2.24) is 9.80 Å². The molecule has 2 aliphatic heterocycles. The molecule has 1 saturated carbocycles. The molecule has 1 unspecified atom stereocenters. The Morgan fingerprint density at radius 1 is 1.03 bits per heavy atom. The molecule has 1 amide bonds. The second-order valence-corrected chi connectivity index (χ2v) is 9.78. The lowest BCUT2D eigenvalue weighted by molar-refractivity contribution is -0.124. The summed E-state index contributed by atoms with van der Waals surface area (Å²) in [5.41, 5.74) is 2.51. The number of morpholine rings is 1. The fourth-order valence-corrected chi connectivity index (χ4v) is 5.42. The van der Waals surface area contributed by atoms with E-state index in [9.17, 15) is 4.79 Å². The Balaban J connectivity index is 1.58. The number of ether oxygens (including phenoxy) is 2. The Kier molecular flexibility index (Phi) is 7.51. The minimum Gasteiger partial charge on any atom is -0.497 e. The van der Waals surface area contributed by atoms with Gasteiger partial charge in [0.1, 0.15) is 17.3 Å². The van der Waals surface area contributed by atoms with E-state index >= 15 is 0 Å². The summed E-state index contributed by atoms with van der Waals surface area (Å²) in [4.78, 5) is 23.3. The van der Waals surface area contributed by atoms with Crippen molar-refractivity contribution >= 4 is 29.4 Å². The number of rotatable bonds is 6. The highest BCUT2D eigenvalue weighted by molar-refractivity contribution is 6.30. The molecular formula is C28H32ClN3O3. The fraction of sp³-hybridized carbons (Fsp3) is 0.429. The third-order valence-electron chi connectivity index (χ3n) is 7.12. The molecule has 35 heavy (non-hydrogen) atoms. The summed E-state index contributed by atoms with van der Waals surface area (Å²) < 4.78 is 11.1. The lowest BCUT2D eigenvalue weighted by Crippen LogP contribution is -2.50. The molecule has 0 spiro atoms. The maximum absolute atomic E-state index is 13.9. The smallest absolute Gasteiger partial charge is 0.278 e. The molecule has 7 heteroatoms. The highest BCUT2D eigenvalue weighted by atomic mass is 35.5. The van der Waals surface area contributed by atoms with Crippen LogP contribution in [0.2, 0.25) is 5.02 Å². The zero-order chi connectivity index (χ0) is 24.2. The van der Waals surface area contributed by atoms with E-state index in [0.717, 1.165) is 61.5 Å². The maximum Gasteiger partial charge on any atom is 0.278 e. The third-order valence-corrected chi connectivity index (χ3v) is 7.37. The Bertz CT molecular complexity index is 1090. The molecule has 0 N–H and O–H groups in total. The van der Waals surface area contributed by atoms with Gasteiger partial charge in [-0.1, -0.05) is 55.1 Å². The Morgan fingerprint density at radius 2 is 1.71 bits per heavy atom. The van der Waals surface area contributed by atoms with Crippen LogP contribution < -0.4 is 4.74 Å². The van der Waals surface area contributed by atoms with Gasteiger partial charge in [-0.2, -0.15) is 0 Å². The molecule has 1 aliphatic carbocycles. The second-order valence-electron chi connectivity index (χ2n) is 9.34. The van der Waals surface area contributed by atoms with E-state index in [1.165, 1.54) is 6.42 Å². The van der Waals surface area contributed by atoms with Gasteiger partial charge in [0.2, 0.25) is 0 Å². The first-order valence-corrected chi connectivity index (χ1v) is 12.9. The number of hydrogen-bond acceptors (Lipinski definition) is 5. The molecule has 2 aromatic carbocycles. The van der Waals surface area contributed by atoms with Gasteiger partial charge in [0.25, 0.3) is 5.91 Å². The summed E-state index contributed by atoms with van der Waals surface area (Å²) in [6.07, 6.45) is 7.41. The molecule has 184 valence electrons. The minimum absolute atomic E-state index is 0.00591. The van der Waals surface area contributed by atoms with E-state index in [4.69, 9.17) is 26.1 Å². The van der Waals surface area contributed by atoms with Gasteiger partial charge in [0, 0.05) is 24.2 Å². The number of carbonyl (C=O) groups excluding carboxylic acids is 1. The SMILES string of the molecule is COc1ccc(C(C2=N/C(=C\c3ccc(Cl)cc3)C(=O)N2C2CCCCC2)N2CCOCC2)cc1. The van der Waals surface area contributed by atoms with Gasteiger partial charge in [-0.15, -0.1) is 0 Å². The molecule has 0 bridgehead atoms. The first kappa shape index (κ1) is 24.0. The molecule has 5 rings (SSSR count). The zero-order valence-electron chi connectivity index (χ0n) is 20.2. The predicted octanol–water partition coefficient (Wildman–Crippen LogP) is 5.34. The number of carbonyl (C=O) groups is 1. The lowest BCUT2D eigenvalue weighted by atomic mass is 9.92. The van der Waals surface area contributed by atoms with Gasteiger partial charge in [-0.25, -0.2) is 4.99 Å². The third kappa shape index (κ3) is 5.30. The largest absolute Gasteiger partial charge is 0.497 e. The topological polar surface area (TPSA) is 54.4 Å². The Hall–Kier alpha value is -2.67. The van der Waals surface area contributed by atoms with Crippen molar-refractivity contribution < 1.29 is 14.3 Å². The molecule has 1 atom stereocenters. The number of halogens is 1. The van der Waals surface area contributed by atoms with E-state index in [2.05, 4.69) is 17.0 Å². The van der Waals surface area contributed by atoms with Crippen LogP contribution in [-0.2, 0) is 9.53 Å². The van der Waals surface area contributed by atoms with Crippen LogP contribution in [0.1, 0.15) is 49.3 Å². The van der Waals surface area contributed by atoms with Crippen LogP contribution in [0, 0.1) is 0 Å². The molecule has 0 aromatic heterocycles. The van der Waals surface area contributed by atoms with Crippen molar-refractivity contribution in [3.8, 4) is 5.75 Å². The van der Waals surface area contributed by atoms with Gasteiger partial charge >= 0.3 is 0 Å². The van der Waals surface area contributed by atoms with Crippen molar-refractivity contribution in [3.05, 3.63) is 70.4 Å². The van der Waals surface area contributed by atoms with Crippen LogP contribution in [0.5, 0.6) is 5.75 Å². The summed E-state index contributed by atoms with van der Waals surface area (Å²) in [6, 6.07) is 15.7. The molecule has 0 radical (unpaired) electrons. The number of amidine groups is 1. The Morgan fingerprint density at radius 3 is 2.37 bits per heavy atom. The Labute approximate surface area is 212 Å². The summed E-state index contributed by atoms with van der Waals surface area (Å²) in [6.45, 7) is 2.92. The summed E-state index contributed by atoms with van der Waals surface area (Å²) >= 11 is 6.07. The highest BCUT2D eigenvalue weighted by Gasteiger charge is 2.42. The second kappa shape index (κ2) is 10.9. The van der Waals surface area contributed by atoms with Gasteiger partial charge in [-0.05, 0) is 54.3 Å². The van der Waals surface area contributed by atoms with Gasteiger partial charge in [0.05, 0.1) is 26.4 Å². The normalized spacial score (nSPS) is 21.9. The number of amides is 1. The van der Waals surface area contributed by atoms with E-state index in [-0.39, 0.29) is 18.0 Å². The summed E-state index contributed by atoms with van der Waals surface area (Å²) in [5, 5.41) is 0.671. The lowest BCUT2D eigenvalue weighted by Gasteiger charge is -2.39. The average molecular weight is 494 g/mol. The molecule has 2 aromatic rings. The van der Waals surface area contributed by atoms with Crippen LogP contribution >= 0.6 is 11.6 Å². The highest BCUT2D eigenvalue weighted by Crippen LogP contribution is 2.36. The number of aliphatic imine (C=N–C) groups is 1. The minimum atomic E-state index is -0.133. The van der Waals surface area contributed by atoms with Crippen LogP contribution in [0.4, 0.5) is 0 Å². The summed E-state index contributed by atoms with van der Waals surface area (Å²) in [5.74, 6) is 1.63. The molecule has 2 heterocycles. The molecule has 2 fully saturated rings. The van der Waals surface area contributed by atoms with Crippen molar-refractivity contribution in [3.63, 3.8) is 0 Å². The molecular weight excluding hydrogens is 462 g/mol. The van der Waals surface area contributed by atoms with Crippen LogP contribution in [-0.4, -0.2) is 61.0 Å². The first-order chi connectivity index (χ1) is 17.1. The van der Waals surface area contributed by atoms with Crippen molar-refractivity contribution in [2.45, 2.75) is 44.2 Å². The van der Waals surface area contributed by atoms with Gasteiger partial charge in [0.15, 0.2) is 0 Å². The van der Waals surface area contributed by atoms with Gasteiger partial charge in [-0.3, -0.25) is 14.6 Å². The predicted molar refractivity (Wildman–Crippen MR) is 139 cm³/mol. The van der Waals surface area contributed by atoms with E-state index in [1.807, 2.05) is 47.4 Å². The number of benzene rings is 2. The van der Waals surface area contributed by atoms with Crippen LogP contribution in [0.25, 0.3) is 6.08 Å². The van der Waals surface area contributed by atoms with E-state index in [0.29, 0.717) is 23.9 Å². The maximum atomic E-state index is 13.9. The first-order valence-electron chi connectivity index (χ1n) is 12.5. The zero-order valence-corrected chi connectivity index (χ0v) is 20.9. The van der Waals surface area contributed by atoms with Crippen LogP contribution in [0.15, 0.2) is 59.2 Å². The molecule has 3 aliphatic rings. The van der Waals surface area contributed by atoms with Crippen molar-refractivity contribution in [2.24, 2.45) is 4.99 Å². The van der Waals surface area contributed by atoms with Crippen LogP contribution in [0.3, 0.4) is 0 Å². The van der Waals surface area contributed by atoms with E-state index in [1.54, 1.807) is 7.11 Å². The quantitative estimate of drug-likeness (QED) is 0.510. The fourth-order valence-electron chi connectivity index (χ4n) is 5.29. The summed E-state index contributed by atoms with van der Waals surface area (Å²) in [7, 11) is 1.67. The van der Waals surface area contributed by atoms with E-state index < -0.39 is 0 Å². The van der Waals surface area contributed by atoms with Crippen molar-refractivity contribution in [2.75, 3.05) is 33.4 Å². The van der Waals surface area contributed by atoms with Crippen molar-refractivity contribution in [1.29, 1.82) is 0 Å². The number of nitrogens with zero attached hydrogens (tertiary/aromatic N) is 3. The standard InChI is InChI=1S/C28H32ClN3O3/c1-34-24-13-9-21(10-14-24)26(31-15-17-35-18-16-31)27-30-25(19-20-7-11-22(29)12-8-20)28(33)32(27)23-5-3-2-4-6-23/h7-14,19,23,26H,2-6,15-18H2,1H3/b25-19-. The average Bonchev–Trinajstić information content (AvgIpc) is 3.22. The van der Waals surface area contributed by atoms with Gasteiger partial charge < -0.3 is 9.47 Å². The molecule has 1 saturated heterocycles.